The van der Waals surface area contributed by atoms with Gasteiger partial charge in [-0.05, 0) is 26.2 Å². The lowest BCUT2D eigenvalue weighted by atomic mass is 10.1. The summed E-state index contributed by atoms with van der Waals surface area (Å²) in [6, 6.07) is 0.324. The highest BCUT2D eigenvalue weighted by Crippen LogP contribution is 2.22. The largest absolute Gasteiger partial charge is 0.481 e. The normalized spacial score (nSPS) is 29.8. The average Bonchev–Trinajstić information content (AvgIpc) is 2.84. The van der Waals surface area contributed by atoms with Crippen LogP contribution in [0.25, 0.3) is 0 Å². The van der Waals surface area contributed by atoms with Gasteiger partial charge in [0.05, 0.1) is 5.92 Å². The van der Waals surface area contributed by atoms with Crippen molar-refractivity contribution in [3.63, 3.8) is 0 Å². The summed E-state index contributed by atoms with van der Waals surface area (Å²) in [6.45, 7) is 3.82. The maximum Gasteiger partial charge on any atom is 0.320 e. The van der Waals surface area contributed by atoms with Crippen molar-refractivity contribution in [3.05, 3.63) is 0 Å². The summed E-state index contributed by atoms with van der Waals surface area (Å²) in [5.74, 6) is -1.16. The summed E-state index contributed by atoms with van der Waals surface area (Å²) in [5.41, 5.74) is 0. The van der Waals surface area contributed by atoms with E-state index in [1.54, 1.807) is 4.90 Å². The first-order chi connectivity index (χ1) is 7.59. The van der Waals surface area contributed by atoms with Crippen molar-refractivity contribution in [1.82, 2.24) is 9.80 Å². The Balaban J connectivity index is 1.94. The Hall–Kier alpha value is -1.26. The van der Waals surface area contributed by atoms with E-state index in [9.17, 15) is 9.59 Å². The number of likely N-dealkylation sites (tertiary alicyclic amines) is 2. The Morgan fingerprint density at radius 2 is 2.00 bits per heavy atom. The van der Waals surface area contributed by atoms with Gasteiger partial charge in [0.1, 0.15) is 0 Å². The lowest BCUT2D eigenvalue weighted by molar-refractivity contribution is -0.141. The third-order valence-electron chi connectivity index (χ3n) is 3.61. The van der Waals surface area contributed by atoms with Crippen LogP contribution in [0.1, 0.15) is 26.2 Å². The Kier molecular flexibility index (Phi) is 3.03. The maximum atomic E-state index is 12.1. The molecule has 2 amide bonds. The molecule has 5 nitrogen and oxygen atoms in total. The van der Waals surface area contributed by atoms with Gasteiger partial charge in [-0.15, -0.1) is 0 Å². The number of aliphatic carboxylic acids is 1. The minimum atomic E-state index is -0.787. The lowest BCUT2D eigenvalue weighted by Crippen LogP contribution is -2.43. The molecule has 0 aromatic carbocycles. The van der Waals surface area contributed by atoms with E-state index in [2.05, 4.69) is 6.92 Å². The molecular formula is C11H18N2O3. The molecule has 5 heteroatoms. The number of hydrogen-bond acceptors (Lipinski definition) is 2. The van der Waals surface area contributed by atoms with Gasteiger partial charge in [-0.2, -0.15) is 0 Å². The van der Waals surface area contributed by atoms with Crippen molar-refractivity contribution < 1.29 is 14.7 Å². The fourth-order valence-corrected chi connectivity index (χ4v) is 2.53. The molecule has 0 radical (unpaired) electrons. The standard InChI is InChI=1S/C11H18N2O3/c1-8-3-2-5-13(8)11(16)12-6-4-9(7-12)10(14)15/h8-9H,2-7H2,1H3,(H,14,15). The van der Waals surface area contributed by atoms with E-state index in [0.29, 0.717) is 25.6 Å². The topological polar surface area (TPSA) is 60.9 Å². The van der Waals surface area contributed by atoms with Crippen LogP contribution in [-0.2, 0) is 4.79 Å². The number of nitrogens with zero attached hydrogens (tertiary/aromatic N) is 2. The van der Waals surface area contributed by atoms with Crippen molar-refractivity contribution in [2.45, 2.75) is 32.2 Å². The number of carboxylic acid groups (broad SMARTS) is 1. The summed E-state index contributed by atoms with van der Waals surface area (Å²) in [5, 5.41) is 8.88. The first-order valence-corrected chi connectivity index (χ1v) is 5.88. The number of amides is 2. The van der Waals surface area contributed by atoms with Crippen LogP contribution in [0.5, 0.6) is 0 Å². The van der Waals surface area contributed by atoms with Gasteiger partial charge in [0.15, 0.2) is 0 Å². The molecule has 0 bridgehead atoms. The van der Waals surface area contributed by atoms with Crippen LogP contribution in [0.4, 0.5) is 4.79 Å². The Bertz CT molecular complexity index is 306. The zero-order valence-corrected chi connectivity index (χ0v) is 9.56. The molecule has 2 atom stereocenters. The fraction of sp³-hybridized carbons (Fsp3) is 0.818. The number of carbonyl (C=O) groups is 2. The van der Waals surface area contributed by atoms with E-state index in [1.165, 1.54) is 0 Å². The average molecular weight is 226 g/mol. The molecular weight excluding hydrogens is 208 g/mol. The number of urea groups is 1. The molecule has 0 aromatic rings. The van der Waals surface area contributed by atoms with Crippen LogP contribution in [0.15, 0.2) is 0 Å². The zero-order chi connectivity index (χ0) is 11.7. The molecule has 2 heterocycles. The Labute approximate surface area is 95.0 Å². The molecule has 0 aliphatic carbocycles. The molecule has 2 aliphatic heterocycles. The van der Waals surface area contributed by atoms with Crippen LogP contribution < -0.4 is 0 Å². The van der Waals surface area contributed by atoms with Crippen LogP contribution in [0, 0.1) is 5.92 Å². The molecule has 0 spiro atoms. The van der Waals surface area contributed by atoms with Crippen LogP contribution >= 0.6 is 0 Å². The second kappa shape index (κ2) is 4.31. The van der Waals surface area contributed by atoms with Gasteiger partial charge in [-0.25, -0.2) is 4.79 Å². The molecule has 2 saturated heterocycles. The molecule has 1 N–H and O–H groups in total. The molecule has 2 rings (SSSR count). The highest BCUT2D eigenvalue weighted by Gasteiger charge is 2.35. The molecule has 0 aromatic heterocycles. The zero-order valence-electron chi connectivity index (χ0n) is 9.56. The van der Waals surface area contributed by atoms with Crippen LogP contribution in [0.2, 0.25) is 0 Å². The smallest absolute Gasteiger partial charge is 0.320 e. The van der Waals surface area contributed by atoms with Crippen molar-refractivity contribution in [1.29, 1.82) is 0 Å². The second-order valence-corrected chi connectivity index (χ2v) is 4.74. The number of rotatable bonds is 1. The predicted octanol–water partition coefficient (Wildman–Crippen LogP) is 0.997. The minimum Gasteiger partial charge on any atom is -0.481 e. The van der Waals surface area contributed by atoms with Gasteiger partial charge in [0.2, 0.25) is 0 Å². The first-order valence-electron chi connectivity index (χ1n) is 5.88. The molecule has 90 valence electrons. The summed E-state index contributed by atoms with van der Waals surface area (Å²) in [4.78, 5) is 26.4. The van der Waals surface area contributed by atoms with E-state index in [0.717, 1.165) is 19.4 Å². The summed E-state index contributed by atoms with van der Waals surface area (Å²) < 4.78 is 0. The number of carboxylic acids is 1. The summed E-state index contributed by atoms with van der Waals surface area (Å²) in [7, 11) is 0. The van der Waals surface area contributed by atoms with E-state index >= 15 is 0 Å². The molecule has 0 saturated carbocycles. The predicted molar refractivity (Wildman–Crippen MR) is 58.1 cm³/mol. The van der Waals surface area contributed by atoms with Crippen molar-refractivity contribution in [3.8, 4) is 0 Å². The maximum absolute atomic E-state index is 12.1. The van der Waals surface area contributed by atoms with Crippen molar-refractivity contribution in [2.75, 3.05) is 19.6 Å². The molecule has 2 fully saturated rings. The van der Waals surface area contributed by atoms with Gasteiger partial charge >= 0.3 is 12.0 Å². The highest BCUT2D eigenvalue weighted by molar-refractivity contribution is 5.78. The quantitative estimate of drug-likeness (QED) is 0.725. The monoisotopic (exact) mass is 226 g/mol. The van der Waals surface area contributed by atoms with Crippen LogP contribution in [0.3, 0.4) is 0 Å². The Morgan fingerprint density at radius 1 is 1.25 bits per heavy atom. The van der Waals surface area contributed by atoms with Gasteiger partial charge in [-0.3, -0.25) is 4.79 Å². The van der Waals surface area contributed by atoms with E-state index in [-0.39, 0.29) is 11.9 Å². The second-order valence-electron chi connectivity index (χ2n) is 4.74. The Morgan fingerprint density at radius 3 is 2.50 bits per heavy atom. The molecule has 2 unspecified atom stereocenters. The van der Waals surface area contributed by atoms with Gasteiger partial charge in [0, 0.05) is 25.7 Å². The van der Waals surface area contributed by atoms with Gasteiger partial charge in [-0.1, -0.05) is 0 Å². The lowest BCUT2D eigenvalue weighted by Gasteiger charge is -2.27. The summed E-state index contributed by atoms with van der Waals surface area (Å²) >= 11 is 0. The van der Waals surface area contributed by atoms with Crippen molar-refractivity contribution in [2.24, 2.45) is 5.92 Å². The third-order valence-corrected chi connectivity index (χ3v) is 3.61. The van der Waals surface area contributed by atoms with Gasteiger partial charge < -0.3 is 14.9 Å². The number of hydrogen-bond donors (Lipinski definition) is 1. The first kappa shape index (κ1) is 11.2. The minimum absolute atomic E-state index is 0.0220. The molecule has 16 heavy (non-hydrogen) atoms. The van der Waals surface area contributed by atoms with E-state index < -0.39 is 5.97 Å². The van der Waals surface area contributed by atoms with Crippen LogP contribution in [-0.4, -0.2) is 52.6 Å². The SMILES string of the molecule is CC1CCCN1C(=O)N1CCC(C(=O)O)C1. The fourth-order valence-electron chi connectivity index (χ4n) is 2.53. The van der Waals surface area contributed by atoms with Crippen molar-refractivity contribution >= 4 is 12.0 Å². The third kappa shape index (κ3) is 1.99. The van der Waals surface area contributed by atoms with Gasteiger partial charge in [0.25, 0.3) is 0 Å². The number of carbonyl (C=O) groups excluding carboxylic acids is 1. The molecule has 2 aliphatic rings. The summed E-state index contributed by atoms with van der Waals surface area (Å²) in [6.07, 6.45) is 2.70. The highest BCUT2D eigenvalue weighted by atomic mass is 16.4. The van der Waals surface area contributed by atoms with E-state index in [1.807, 2.05) is 4.90 Å². The van der Waals surface area contributed by atoms with E-state index in [4.69, 9.17) is 5.11 Å².